The first-order chi connectivity index (χ1) is 9.15. The van der Waals surface area contributed by atoms with E-state index in [1.54, 1.807) is 16.2 Å². The van der Waals surface area contributed by atoms with Crippen molar-refractivity contribution in [3.63, 3.8) is 0 Å². The Morgan fingerprint density at radius 1 is 1.47 bits per heavy atom. The van der Waals surface area contributed by atoms with E-state index in [2.05, 4.69) is 11.4 Å². The lowest BCUT2D eigenvalue weighted by Crippen LogP contribution is -2.47. The summed E-state index contributed by atoms with van der Waals surface area (Å²) >= 11 is 1.73. The Hall–Kier alpha value is -1.56. The highest BCUT2D eigenvalue weighted by Gasteiger charge is 2.36. The second kappa shape index (κ2) is 4.85. The number of hydrogen-bond donors (Lipinski definition) is 1. The maximum absolute atomic E-state index is 12.4. The number of carbonyl (C=O) groups excluding carboxylic acids is 1. The summed E-state index contributed by atoms with van der Waals surface area (Å²) in [6.07, 6.45) is 2.73. The fourth-order valence-corrected chi connectivity index (χ4v) is 3.37. The minimum Gasteiger partial charge on any atom is -0.480 e. The van der Waals surface area contributed by atoms with Gasteiger partial charge < -0.3 is 14.9 Å². The maximum atomic E-state index is 12.4. The SMILES string of the molecule is O=C(O)CN(C(=O)N1CCc2sccc2C1)C1CC1. The number of aliphatic carboxylic acids is 1. The van der Waals surface area contributed by atoms with Gasteiger partial charge in [0.1, 0.15) is 6.54 Å². The summed E-state index contributed by atoms with van der Waals surface area (Å²) < 4.78 is 0. The zero-order valence-electron chi connectivity index (χ0n) is 10.5. The van der Waals surface area contributed by atoms with Crippen molar-refractivity contribution >= 4 is 23.3 Å². The topological polar surface area (TPSA) is 60.9 Å². The number of carboxylic acid groups (broad SMARTS) is 1. The van der Waals surface area contributed by atoms with Crippen molar-refractivity contribution in [2.75, 3.05) is 13.1 Å². The third kappa shape index (κ3) is 2.58. The van der Waals surface area contributed by atoms with Crippen molar-refractivity contribution in [3.05, 3.63) is 21.9 Å². The lowest BCUT2D eigenvalue weighted by Gasteiger charge is -2.32. The molecule has 1 aromatic heterocycles. The van der Waals surface area contributed by atoms with E-state index in [9.17, 15) is 9.59 Å². The van der Waals surface area contributed by atoms with Crippen LogP contribution in [-0.4, -0.2) is 46.0 Å². The number of carboxylic acids is 1. The van der Waals surface area contributed by atoms with Gasteiger partial charge in [-0.15, -0.1) is 11.3 Å². The van der Waals surface area contributed by atoms with E-state index in [0.29, 0.717) is 13.1 Å². The molecule has 1 aliphatic heterocycles. The fraction of sp³-hybridized carbons (Fsp3) is 0.538. The molecule has 0 spiro atoms. The first-order valence-electron chi connectivity index (χ1n) is 6.47. The average molecular weight is 280 g/mol. The standard InChI is InChI=1S/C13H16N2O3S/c16-12(17)8-15(10-1-2-10)13(18)14-5-3-11-9(7-14)4-6-19-11/h4,6,10H,1-3,5,7-8H2,(H,16,17). The van der Waals surface area contributed by atoms with Crippen molar-refractivity contribution in [1.82, 2.24) is 9.80 Å². The Morgan fingerprint density at radius 3 is 2.95 bits per heavy atom. The number of nitrogens with zero attached hydrogens (tertiary/aromatic N) is 2. The van der Waals surface area contributed by atoms with Crippen LogP contribution in [0.25, 0.3) is 0 Å². The molecule has 102 valence electrons. The van der Waals surface area contributed by atoms with Gasteiger partial charge in [0, 0.05) is 24.0 Å². The summed E-state index contributed by atoms with van der Waals surface area (Å²) in [5, 5.41) is 11.0. The van der Waals surface area contributed by atoms with Crippen molar-refractivity contribution < 1.29 is 14.7 Å². The fourth-order valence-electron chi connectivity index (χ4n) is 2.48. The van der Waals surface area contributed by atoms with E-state index in [0.717, 1.165) is 19.3 Å². The van der Waals surface area contributed by atoms with Gasteiger partial charge in [-0.25, -0.2) is 4.79 Å². The molecule has 1 aromatic rings. The zero-order valence-corrected chi connectivity index (χ0v) is 11.4. The highest BCUT2D eigenvalue weighted by molar-refractivity contribution is 7.10. The quantitative estimate of drug-likeness (QED) is 0.918. The number of thiophene rings is 1. The monoisotopic (exact) mass is 280 g/mol. The smallest absolute Gasteiger partial charge is 0.323 e. The van der Waals surface area contributed by atoms with E-state index >= 15 is 0 Å². The molecule has 1 aliphatic carbocycles. The van der Waals surface area contributed by atoms with Crippen LogP contribution in [0.1, 0.15) is 23.3 Å². The summed E-state index contributed by atoms with van der Waals surface area (Å²) in [6.45, 7) is 1.12. The molecule has 0 unspecified atom stereocenters. The Morgan fingerprint density at radius 2 is 2.26 bits per heavy atom. The van der Waals surface area contributed by atoms with Crippen LogP contribution in [0.4, 0.5) is 4.79 Å². The number of rotatable bonds is 3. The van der Waals surface area contributed by atoms with Gasteiger partial charge in [-0.05, 0) is 36.3 Å². The molecule has 2 heterocycles. The Bertz CT molecular complexity index is 510. The van der Waals surface area contributed by atoms with E-state index in [1.807, 2.05) is 0 Å². The van der Waals surface area contributed by atoms with Gasteiger partial charge in [-0.2, -0.15) is 0 Å². The van der Waals surface area contributed by atoms with Gasteiger partial charge >= 0.3 is 12.0 Å². The minimum absolute atomic E-state index is 0.123. The van der Waals surface area contributed by atoms with Crippen LogP contribution < -0.4 is 0 Å². The first-order valence-corrected chi connectivity index (χ1v) is 7.35. The molecule has 1 saturated carbocycles. The van der Waals surface area contributed by atoms with Gasteiger partial charge in [0.25, 0.3) is 0 Å². The van der Waals surface area contributed by atoms with Crippen LogP contribution in [0.3, 0.4) is 0 Å². The summed E-state index contributed by atoms with van der Waals surface area (Å²) in [7, 11) is 0. The largest absolute Gasteiger partial charge is 0.480 e. The van der Waals surface area contributed by atoms with Crippen molar-refractivity contribution in [3.8, 4) is 0 Å². The predicted molar refractivity (Wildman–Crippen MR) is 71.2 cm³/mol. The van der Waals surface area contributed by atoms with Crippen molar-refractivity contribution in [1.29, 1.82) is 0 Å². The van der Waals surface area contributed by atoms with Crippen molar-refractivity contribution in [2.45, 2.75) is 31.8 Å². The Kier molecular flexibility index (Phi) is 3.18. The number of amides is 2. The highest BCUT2D eigenvalue weighted by atomic mass is 32.1. The molecule has 0 bridgehead atoms. The molecular weight excluding hydrogens is 264 g/mol. The molecule has 5 nitrogen and oxygen atoms in total. The third-order valence-electron chi connectivity index (χ3n) is 3.62. The van der Waals surface area contributed by atoms with Gasteiger partial charge in [0.15, 0.2) is 0 Å². The molecule has 1 fully saturated rings. The van der Waals surface area contributed by atoms with Gasteiger partial charge in [-0.1, -0.05) is 0 Å². The Labute approximate surface area is 115 Å². The molecule has 1 N–H and O–H groups in total. The van der Waals surface area contributed by atoms with Crippen molar-refractivity contribution in [2.24, 2.45) is 0 Å². The molecular formula is C13H16N2O3S. The lowest BCUT2D eigenvalue weighted by molar-refractivity contribution is -0.137. The van der Waals surface area contributed by atoms with Gasteiger partial charge in [-0.3, -0.25) is 4.79 Å². The van der Waals surface area contributed by atoms with E-state index in [4.69, 9.17) is 5.11 Å². The number of fused-ring (bicyclic) bond motifs is 1. The van der Waals surface area contributed by atoms with Crippen LogP contribution >= 0.6 is 11.3 Å². The van der Waals surface area contributed by atoms with Crippen LogP contribution in [-0.2, 0) is 17.8 Å². The first kappa shape index (κ1) is 12.5. The predicted octanol–water partition coefficient (Wildman–Crippen LogP) is 1.78. The average Bonchev–Trinajstić information content (AvgIpc) is 3.12. The van der Waals surface area contributed by atoms with E-state index in [1.165, 1.54) is 15.3 Å². The molecule has 2 aliphatic rings. The van der Waals surface area contributed by atoms with Crippen LogP contribution in [0.15, 0.2) is 11.4 Å². The minimum atomic E-state index is -0.937. The number of hydrogen-bond acceptors (Lipinski definition) is 3. The second-order valence-corrected chi connectivity index (χ2v) is 6.08. The molecule has 0 saturated heterocycles. The second-order valence-electron chi connectivity index (χ2n) is 5.08. The maximum Gasteiger partial charge on any atom is 0.323 e. The Balaban J connectivity index is 1.71. The zero-order chi connectivity index (χ0) is 13.4. The molecule has 2 amide bonds. The van der Waals surface area contributed by atoms with Crippen LogP contribution in [0.5, 0.6) is 0 Å². The molecule has 0 atom stereocenters. The van der Waals surface area contributed by atoms with Crippen LogP contribution in [0, 0.1) is 0 Å². The normalized spacial score (nSPS) is 18.0. The molecule has 19 heavy (non-hydrogen) atoms. The van der Waals surface area contributed by atoms with Gasteiger partial charge in [0.2, 0.25) is 0 Å². The third-order valence-corrected chi connectivity index (χ3v) is 4.64. The summed E-state index contributed by atoms with van der Waals surface area (Å²) in [6, 6.07) is 2.06. The molecule has 0 radical (unpaired) electrons. The number of urea groups is 1. The molecule has 0 aromatic carbocycles. The summed E-state index contributed by atoms with van der Waals surface area (Å²) in [5.41, 5.74) is 1.20. The number of carbonyl (C=O) groups is 2. The van der Waals surface area contributed by atoms with E-state index in [-0.39, 0.29) is 18.6 Å². The highest BCUT2D eigenvalue weighted by Crippen LogP contribution is 2.30. The van der Waals surface area contributed by atoms with Crippen LogP contribution in [0.2, 0.25) is 0 Å². The molecule has 3 rings (SSSR count). The van der Waals surface area contributed by atoms with Gasteiger partial charge in [0.05, 0.1) is 0 Å². The summed E-state index contributed by atoms with van der Waals surface area (Å²) in [4.78, 5) is 27.9. The summed E-state index contributed by atoms with van der Waals surface area (Å²) in [5.74, 6) is -0.937. The lowest BCUT2D eigenvalue weighted by atomic mass is 10.1. The molecule has 6 heteroatoms. The van der Waals surface area contributed by atoms with E-state index < -0.39 is 5.97 Å².